The first-order valence-corrected chi connectivity index (χ1v) is 11.3. The number of carbonyl (C=O) groups is 2. The third-order valence-electron chi connectivity index (χ3n) is 6.81. The Morgan fingerprint density at radius 2 is 1.72 bits per heavy atom. The molecular formula is C24H33N3O2. The van der Waals surface area contributed by atoms with Crippen molar-refractivity contribution in [1.29, 1.82) is 0 Å². The van der Waals surface area contributed by atoms with Gasteiger partial charge >= 0.3 is 0 Å². The molecule has 1 N–H and O–H groups in total. The minimum atomic E-state index is 0.165. The number of aromatic nitrogens is 1. The molecule has 2 saturated heterocycles. The van der Waals surface area contributed by atoms with E-state index < -0.39 is 0 Å². The second-order valence-electron chi connectivity index (χ2n) is 8.67. The maximum atomic E-state index is 13.0. The van der Waals surface area contributed by atoms with Gasteiger partial charge in [-0.05, 0) is 63.1 Å². The van der Waals surface area contributed by atoms with Crippen molar-refractivity contribution < 1.29 is 9.59 Å². The van der Waals surface area contributed by atoms with Crippen molar-refractivity contribution in [2.75, 3.05) is 26.2 Å². The number of ketones is 1. The molecule has 4 rings (SSSR count). The molecule has 0 saturated carbocycles. The zero-order chi connectivity index (χ0) is 20.2. The van der Waals surface area contributed by atoms with E-state index in [9.17, 15) is 9.59 Å². The van der Waals surface area contributed by atoms with Crippen LogP contribution in [0.3, 0.4) is 0 Å². The fraction of sp³-hybridized carbons (Fsp3) is 0.583. The van der Waals surface area contributed by atoms with Crippen molar-refractivity contribution in [2.24, 2.45) is 11.8 Å². The minimum absolute atomic E-state index is 0.165. The Kier molecular flexibility index (Phi) is 6.34. The van der Waals surface area contributed by atoms with Crippen LogP contribution in [0.25, 0.3) is 10.9 Å². The maximum Gasteiger partial charge on any atom is 0.242 e. The van der Waals surface area contributed by atoms with Crippen molar-refractivity contribution in [2.45, 2.75) is 52.0 Å². The van der Waals surface area contributed by atoms with Gasteiger partial charge < -0.3 is 14.8 Å². The van der Waals surface area contributed by atoms with Gasteiger partial charge in [0.15, 0.2) is 5.78 Å². The van der Waals surface area contributed by atoms with Crippen molar-refractivity contribution in [3.8, 4) is 0 Å². The Balaban J connectivity index is 1.42. The molecule has 1 aromatic heterocycles. The molecule has 1 aromatic carbocycles. The van der Waals surface area contributed by atoms with E-state index in [4.69, 9.17) is 0 Å². The standard InChI is InChI=1S/C24H33N3O2/c1-2-5-23(28)21-16-27(22-7-4-3-6-20(21)22)17-24(29)26-14-10-19(11-15-26)18-8-12-25-13-9-18/h3-4,6-7,16,18-19,25H,2,5,8-15,17H2,1H3. The lowest BCUT2D eigenvalue weighted by atomic mass is 9.79. The van der Waals surface area contributed by atoms with Crippen LogP contribution in [0.5, 0.6) is 0 Å². The van der Waals surface area contributed by atoms with Gasteiger partial charge in [-0.3, -0.25) is 9.59 Å². The highest BCUT2D eigenvalue weighted by Crippen LogP contribution is 2.31. The normalized spacial score (nSPS) is 19.0. The van der Waals surface area contributed by atoms with E-state index in [2.05, 4.69) is 5.32 Å². The number of benzene rings is 1. The molecule has 156 valence electrons. The molecule has 2 aliphatic rings. The van der Waals surface area contributed by atoms with Gasteiger partial charge in [-0.15, -0.1) is 0 Å². The van der Waals surface area contributed by atoms with E-state index in [0.29, 0.717) is 13.0 Å². The number of para-hydroxylation sites is 1. The molecule has 0 radical (unpaired) electrons. The second-order valence-corrected chi connectivity index (χ2v) is 8.67. The Morgan fingerprint density at radius 1 is 1.03 bits per heavy atom. The van der Waals surface area contributed by atoms with Gasteiger partial charge in [0.25, 0.3) is 0 Å². The lowest BCUT2D eigenvalue weighted by molar-refractivity contribution is -0.133. The highest BCUT2D eigenvalue weighted by Gasteiger charge is 2.29. The fourth-order valence-electron chi connectivity index (χ4n) is 5.14. The molecule has 1 amide bonds. The molecule has 0 bridgehead atoms. The van der Waals surface area contributed by atoms with E-state index in [0.717, 1.165) is 73.7 Å². The predicted molar refractivity (Wildman–Crippen MR) is 116 cm³/mol. The summed E-state index contributed by atoms with van der Waals surface area (Å²) in [5.74, 6) is 1.93. The maximum absolute atomic E-state index is 13.0. The summed E-state index contributed by atoms with van der Waals surface area (Å²) in [6, 6.07) is 7.93. The molecular weight excluding hydrogens is 362 g/mol. The number of hydrogen-bond acceptors (Lipinski definition) is 3. The molecule has 3 heterocycles. The van der Waals surface area contributed by atoms with E-state index in [1.807, 2.05) is 46.9 Å². The van der Waals surface area contributed by atoms with Gasteiger partial charge in [0.05, 0.1) is 0 Å². The summed E-state index contributed by atoms with van der Waals surface area (Å²) < 4.78 is 1.97. The molecule has 2 fully saturated rings. The molecule has 5 heteroatoms. The number of Topliss-reactive ketones (excluding diaryl/α,β-unsaturated/α-hetero) is 1. The van der Waals surface area contributed by atoms with Crippen LogP contribution in [0, 0.1) is 11.8 Å². The van der Waals surface area contributed by atoms with Crippen LogP contribution in [0.15, 0.2) is 30.5 Å². The quantitative estimate of drug-likeness (QED) is 0.756. The van der Waals surface area contributed by atoms with Gasteiger partial charge in [-0.1, -0.05) is 25.1 Å². The summed E-state index contributed by atoms with van der Waals surface area (Å²) in [6.07, 6.45) is 8.09. The van der Waals surface area contributed by atoms with Crippen LogP contribution < -0.4 is 5.32 Å². The Labute approximate surface area is 173 Å². The number of piperidine rings is 2. The van der Waals surface area contributed by atoms with E-state index >= 15 is 0 Å². The monoisotopic (exact) mass is 395 g/mol. The van der Waals surface area contributed by atoms with Gasteiger partial charge in [0.1, 0.15) is 6.54 Å². The number of rotatable bonds is 6. The highest BCUT2D eigenvalue weighted by molar-refractivity contribution is 6.08. The zero-order valence-electron chi connectivity index (χ0n) is 17.5. The molecule has 5 nitrogen and oxygen atoms in total. The third-order valence-corrected chi connectivity index (χ3v) is 6.81. The summed E-state index contributed by atoms with van der Waals surface area (Å²) >= 11 is 0. The summed E-state index contributed by atoms with van der Waals surface area (Å²) in [5, 5.41) is 4.41. The van der Waals surface area contributed by atoms with Crippen LogP contribution in [-0.4, -0.2) is 47.3 Å². The second kappa shape index (κ2) is 9.12. The number of amides is 1. The van der Waals surface area contributed by atoms with Crippen molar-refractivity contribution in [1.82, 2.24) is 14.8 Å². The van der Waals surface area contributed by atoms with Gasteiger partial charge in [0.2, 0.25) is 5.91 Å². The molecule has 2 aliphatic heterocycles. The Bertz CT molecular complexity index is 858. The zero-order valence-corrected chi connectivity index (χ0v) is 17.5. The predicted octanol–water partition coefficient (Wildman–Crippen LogP) is 3.86. The first kappa shape index (κ1) is 20.1. The van der Waals surface area contributed by atoms with Crippen molar-refractivity contribution in [3.05, 3.63) is 36.0 Å². The Morgan fingerprint density at radius 3 is 2.45 bits per heavy atom. The molecule has 29 heavy (non-hydrogen) atoms. The number of likely N-dealkylation sites (tertiary alicyclic amines) is 1. The first-order chi connectivity index (χ1) is 14.2. The lowest BCUT2D eigenvalue weighted by Crippen LogP contribution is -2.43. The van der Waals surface area contributed by atoms with Crippen LogP contribution in [-0.2, 0) is 11.3 Å². The van der Waals surface area contributed by atoms with Gasteiger partial charge in [0, 0.05) is 42.2 Å². The third kappa shape index (κ3) is 4.40. The van der Waals surface area contributed by atoms with E-state index in [-0.39, 0.29) is 11.7 Å². The number of nitrogens with zero attached hydrogens (tertiary/aromatic N) is 2. The highest BCUT2D eigenvalue weighted by atomic mass is 16.2. The topological polar surface area (TPSA) is 54.3 Å². The van der Waals surface area contributed by atoms with Crippen LogP contribution in [0.1, 0.15) is 55.8 Å². The van der Waals surface area contributed by atoms with Gasteiger partial charge in [-0.25, -0.2) is 0 Å². The smallest absolute Gasteiger partial charge is 0.242 e. The van der Waals surface area contributed by atoms with E-state index in [1.54, 1.807) is 0 Å². The lowest BCUT2D eigenvalue weighted by Gasteiger charge is -2.37. The van der Waals surface area contributed by atoms with Crippen LogP contribution >= 0.6 is 0 Å². The number of carbonyl (C=O) groups excluding carboxylic acids is 2. The number of fused-ring (bicyclic) bond motifs is 1. The summed E-state index contributed by atoms with van der Waals surface area (Å²) in [5.41, 5.74) is 1.73. The summed E-state index contributed by atoms with van der Waals surface area (Å²) in [4.78, 5) is 27.6. The van der Waals surface area contributed by atoms with Gasteiger partial charge in [-0.2, -0.15) is 0 Å². The van der Waals surface area contributed by atoms with E-state index in [1.165, 1.54) is 12.8 Å². The average molecular weight is 396 g/mol. The molecule has 0 atom stereocenters. The molecule has 0 spiro atoms. The summed E-state index contributed by atoms with van der Waals surface area (Å²) in [6.45, 7) is 6.36. The van der Waals surface area contributed by atoms with Crippen molar-refractivity contribution >= 4 is 22.6 Å². The first-order valence-electron chi connectivity index (χ1n) is 11.3. The largest absolute Gasteiger partial charge is 0.341 e. The van der Waals surface area contributed by atoms with Crippen LogP contribution in [0.4, 0.5) is 0 Å². The van der Waals surface area contributed by atoms with Crippen LogP contribution in [0.2, 0.25) is 0 Å². The molecule has 0 unspecified atom stereocenters. The molecule has 2 aromatic rings. The molecule has 0 aliphatic carbocycles. The fourth-order valence-corrected chi connectivity index (χ4v) is 5.14. The minimum Gasteiger partial charge on any atom is -0.341 e. The summed E-state index contributed by atoms with van der Waals surface area (Å²) in [7, 11) is 0. The SMILES string of the molecule is CCCC(=O)c1cn(CC(=O)N2CCC(C3CCNCC3)CC2)c2ccccc12. The number of nitrogens with one attached hydrogen (secondary N) is 1. The Hall–Kier alpha value is -2.14. The average Bonchev–Trinajstić information content (AvgIpc) is 3.13. The number of hydrogen-bond donors (Lipinski definition) is 1. The van der Waals surface area contributed by atoms with Crippen molar-refractivity contribution in [3.63, 3.8) is 0 Å².